The molecule has 12 heteroatoms. The van der Waals surface area contributed by atoms with E-state index in [0.29, 0.717) is 45.7 Å². The third-order valence-corrected chi connectivity index (χ3v) is 9.19. The zero-order valence-corrected chi connectivity index (χ0v) is 25.5. The summed E-state index contributed by atoms with van der Waals surface area (Å²) in [7, 11) is 0. The van der Waals surface area contributed by atoms with Gasteiger partial charge in [0.05, 0.1) is 44.4 Å². The quantitative estimate of drug-likeness (QED) is 0.307. The number of carbonyl (C=O) groups is 4. The van der Waals surface area contributed by atoms with Gasteiger partial charge in [0.15, 0.2) is 0 Å². The molecule has 3 amide bonds. The van der Waals surface area contributed by atoms with E-state index in [1.54, 1.807) is 30.1 Å². The van der Waals surface area contributed by atoms with Crippen molar-refractivity contribution in [3.8, 4) is 0 Å². The largest absolute Gasteiger partial charge is 0.460 e. The van der Waals surface area contributed by atoms with E-state index in [4.69, 9.17) is 14.2 Å². The molecule has 5 aliphatic heterocycles. The fourth-order valence-electron chi connectivity index (χ4n) is 7.15. The van der Waals surface area contributed by atoms with Gasteiger partial charge in [-0.15, -0.1) is 0 Å². The molecule has 0 saturated carbocycles. The highest BCUT2D eigenvalue weighted by Crippen LogP contribution is 2.53. The first-order valence-electron chi connectivity index (χ1n) is 15.7. The summed E-state index contributed by atoms with van der Waals surface area (Å²) in [6.07, 6.45) is 6.94. The van der Waals surface area contributed by atoms with Gasteiger partial charge in [-0.3, -0.25) is 24.1 Å². The van der Waals surface area contributed by atoms with Crippen LogP contribution < -0.4 is 5.32 Å². The second-order valence-electron chi connectivity index (χ2n) is 12.7. The number of carbonyl (C=O) groups excluding carboxylic acids is 4. The van der Waals surface area contributed by atoms with E-state index in [9.17, 15) is 24.3 Å². The number of aliphatic hydroxyl groups is 1. The number of likely N-dealkylation sites (tertiary alicyclic amines) is 1. The van der Waals surface area contributed by atoms with Crippen molar-refractivity contribution >= 4 is 23.7 Å². The van der Waals surface area contributed by atoms with E-state index in [-0.39, 0.29) is 43.2 Å². The fraction of sp³-hybridized carbons (Fsp3) is 0.742. The van der Waals surface area contributed by atoms with Crippen LogP contribution >= 0.6 is 0 Å². The first-order chi connectivity index (χ1) is 20.7. The molecule has 3 saturated heterocycles. The zero-order valence-electron chi connectivity index (χ0n) is 25.5. The molecule has 5 heterocycles. The van der Waals surface area contributed by atoms with Crippen molar-refractivity contribution in [2.24, 2.45) is 17.8 Å². The van der Waals surface area contributed by atoms with Crippen molar-refractivity contribution in [3.05, 3.63) is 24.3 Å². The Kier molecular flexibility index (Phi) is 9.89. The lowest BCUT2D eigenvalue weighted by Crippen LogP contribution is -2.59. The lowest BCUT2D eigenvalue weighted by molar-refractivity contribution is -0.159. The number of hydrogen-bond acceptors (Lipinski definition) is 9. The predicted octanol–water partition coefficient (Wildman–Crippen LogP) is 0.103. The number of aliphatic hydroxyl groups excluding tert-OH is 1. The minimum Gasteiger partial charge on any atom is -0.460 e. The molecule has 5 aliphatic rings. The normalized spacial score (nSPS) is 35.3. The molecule has 43 heavy (non-hydrogen) atoms. The van der Waals surface area contributed by atoms with Crippen molar-refractivity contribution in [2.45, 2.75) is 69.9 Å². The first kappa shape index (κ1) is 31.6. The summed E-state index contributed by atoms with van der Waals surface area (Å²) < 4.78 is 17.9. The van der Waals surface area contributed by atoms with Crippen LogP contribution in [0.15, 0.2) is 24.3 Å². The summed E-state index contributed by atoms with van der Waals surface area (Å²) in [6.45, 7) is 9.90. The molecule has 1 spiro atoms. The highest BCUT2D eigenvalue weighted by atomic mass is 16.6. The summed E-state index contributed by atoms with van der Waals surface area (Å²) >= 11 is 0. The molecule has 3 fully saturated rings. The molecule has 7 atom stereocenters. The monoisotopic (exact) mass is 602 g/mol. The average Bonchev–Trinajstić information content (AvgIpc) is 3.37. The highest BCUT2D eigenvalue weighted by Gasteiger charge is 2.72. The summed E-state index contributed by atoms with van der Waals surface area (Å²) in [5, 5.41) is 13.3. The molecule has 0 aromatic carbocycles. The molecule has 0 aromatic heterocycles. The topological polar surface area (TPSA) is 138 Å². The van der Waals surface area contributed by atoms with Gasteiger partial charge in [-0.2, -0.15) is 0 Å². The first-order valence-corrected chi connectivity index (χ1v) is 15.7. The summed E-state index contributed by atoms with van der Waals surface area (Å²) in [6, 6.07) is -1.67. The molecule has 2 N–H and O–H groups in total. The molecule has 0 unspecified atom stereocenters. The summed E-state index contributed by atoms with van der Waals surface area (Å²) in [5.74, 6) is -3.25. The Morgan fingerprint density at radius 3 is 2.58 bits per heavy atom. The molecular weight excluding hydrogens is 556 g/mol. The highest BCUT2D eigenvalue weighted by molar-refractivity contribution is 5.99. The number of ether oxygens (including phenoxy) is 3. The van der Waals surface area contributed by atoms with Crippen LogP contribution in [0.3, 0.4) is 0 Å². The number of hydrogen-bond donors (Lipinski definition) is 2. The van der Waals surface area contributed by atoms with Crippen LogP contribution in [0.2, 0.25) is 0 Å². The van der Waals surface area contributed by atoms with Gasteiger partial charge >= 0.3 is 5.97 Å². The number of esters is 1. The Bertz CT molecular complexity index is 1120. The van der Waals surface area contributed by atoms with Gasteiger partial charge in [0.1, 0.15) is 23.7 Å². The number of rotatable bonds is 7. The maximum atomic E-state index is 14.5. The van der Waals surface area contributed by atoms with Gasteiger partial charge in [0, 0.05) is 39.1 Å². The third-order valence-electron chi connectivity index (χ3n) is 9.19. The maximum Gasteiger partial charge on any atom is 0.313 e. The van der Waals surface area contributed by atoms with Crippen molar-refractivity contribution in [2.75, 3.05) is 59.1 Å². The third kappa shape index (κ3) is 6.38. The number of nitrogens with one attached hydrogen (secondary N) is 1. The summed E-state index contributed by atoms with van der Waals surface area (Å²) in [5.41, 5.74) is -1.41. The van der Waals surface area contributed by atoms with Crippen LogP contribution in [0, 0.1) is 17.8 Å². The van der Waals surface area contributed by atoms with Crippen LogP contribution in [0.1, 0.15) is 40.0 Å². The zero-order chi connectivity index (χ0) is 30.7. The average molecular weight is 603 g/mol. The standard InChI is InChI=1S/C31H46N4O8/c1-20(2)17-22(19-36)35-27-29(39)34(12-11-33-13-15-41-16-14-33)10-6-9-31(27)26(28(35)38)25-23(43-31)7-4-5-8-24(37)32-18-21(3)42-30(25)40/h4,6-7,9,20-23,25-27,36H,5,8,10-19H2,1-3H3,(H,32,37)/b7-4-/t21-,22+,23-,25+,26+,27-,31+/m0/s1. The number of cyclic esters (lactones) is 1. The number of allylic oxidation sites excluding steroid dienone is 1. The molecule has 0 bridgehead atoms. The minimum atomic E-state index is -1.41. The van der Waals surface area contributed by atoms with Crippen molar-refractivity contribution in [1.82, 2.24) is 20.0 Å². The van der Waals surface area contributed by atoms with Gasteiger partial charge in [0.25, 0.3) is 0 Å². The second-order valence-corrected chi connectivity index (χ2v) is 12.7. The van der Waals surface area contributed by atoms with E-state index >= 15 is 0 Å². The Balaban J connectivity index is 1.52. The SMILES string of the molecule is CC(C)C[C@H](CO)N1C(=O)[C@H]2[C@@H]3C(=O)O[C@@H](C)CNC(=O)CC/C=C\[C@@H]3O[C@]23C=CCN(CCN2CCOCC2)C(=O)[C@H]13. The number of amides is 3. The van der Waals surface area contributed by atoms with Crippen LogP contribution in [-0.2, 0) is 33.4 Å². The van der Waals surface area contributed by atoms with E-state index < -0.39 is 47.7 Å². The molecule has 12 nitrogen and oxygen atoms in total. The number of morpholine rings is 1. The predicted molar refractivity (Wildman–Crippen MR) is 155 cm³/mol. The van der Waals surface area contributed by atoms with E-state index in [0.717, 1.165) is 13.1 Å². The van der Waals surface area contributed by atoms with Crippen LogP contribution in [0.4, 0.5) is 0 Å². The molecular formula is C31H46N4O8. The van der Waals surface area contributed by atoms with Crippen LogP contribution in [-0.4, -0.2) is 132 Å². The van der Waals surface area contributed by atoms with Gasteiger partial charge in [-0.25, -0.2) is 0 Å². The molecule has 5 rings (SSSR count). The maximum absolute atomic E-state index is 14.5. The van der Waals surface area contributed by atoms with Crippen LogP contribution in [0.5, 0.6) is 0 Å². The molecule has 0 aliphatic carbocycles. The van der Waals surface area contributed by atoms with Crippen molar-refractivity contribution < 1.29 is 38.5 Å². The lowest BCUT2D eigenvalue weighted by Gasteiger charge is -2.39. The van der Waals surface area contributed by atoms with E-state index in [1.165, 1.54) is 4.90 Å². The molecule has 0 aromatic rings. The minimum absolute atomic E-state index is 0.145. The van der Waals surface area contributed by atoms with Gasteiger partial charge in [0.2, 0.25) is 17.7 Å². The van der Waals surface area contributed by atoms with Crippen LogP contribution in [0.25, 0.3) is 0 Å². The molecule has 238 valence electrons. The van der Waals surface area contributed by atoms with E-state index in [2.05, 4.69) is 10.2 Å². The Morgan fingerprint density at radius 2 is 1.86 bits per heavy atom. The van der Waals surface area contributed by atoms with Gasteiger partial charge in [-0.05, 0) is 25.7 Å². The van der Waals surface area contributed by atoms with Crippen molar-refractivity contribution in [1.29, 1.82) is 0 Å². The second kappa shape index (κ2) is 13.5. The van der Waals surface area contributed by atoms with Gasteiger partial charge in [-0.1, -0.05) is 38.2 Å². The fourth-order valence-corrected chi connectivity index (χ4v) is 7.15. The number of nitrogens with zero attached hydrogens (tertiary/aromatic N) is 3. The number of fused-ring (bicyclic) bond motifs is 2. The van der Waals surface area contributed by atoms with E-state index in [1.807, 2.05) is 19.9 Å². The van der Waals surface area contributed by atoms with Crippen molar-refractivity contribution in [3.63, 3.8) is 0 Å². The van der Waals surface area contributed by atoms with Gasteiger partial charge < -0.3 is 34.4 Å². The lowest BCUT2D eigenvalue weighted by atomic mass is 9.78. The smallest absolute Gasteiger partial charge is 0.313 e. The Morgan fingerprint density at radius 1 is 1.09 bits per heavy atom. The Hall–Kier alpha value is -2.80. The Labute approximate surface area is 253 Å². The molecule has 0 radical (unpaired) electrons. The summed E-state index contributed by atoms with van der Waals surface area (Å²) in [4.78, 5) is 60.5.